The van der Waals surface area contributed by atoms with Crippen LogP contribution in [0.25, 0.3) is 5.13 Å². The van der Waals surface area contributed by atoms with E-state index in [1.54, 1.807) is 11.3 Å². The summed E-state index contributed by atoms with van der Waals surface area (Å²) in [6.07, 6.45) is 3.85. The molecule has 1 aromatic carbocycles. The number of aromatic nitrogens is 2. The van der Waals surface area contributed by atoms with Crippen molar-refractivity contribution in [2.45, 2.75) is 26.4 Å². The van der Waals surface area contributed by atoms with E-state index >= 15 is 0 Å². The molecule has 0 radical (unpaired) electrons. The molecule has 5 nitrogen and oxygen atoms in total. The number of thiazole rings is 1. The lowest BCUT2D eigenvalue weighted by Gasteiger charge is -2.40. The predicted molar refractivity (Wildman–Crippen MR) is 105 cm³/mol. The Bertz CT molecular complexity index is 902. The zero-order valence-corrected chi connectivity index (χ0v) is 15.8. The Balaban J connectivity index is 1.51. The third-order valence-corrected chi connectivity index (χ3v) is 5.58. The summed E-state index contributed by atoms with van der Waals surface area (Å²) in [7, 11) is 0. The van der Waals surface area contributed by atoms with Crippen molar-refractivity contribution in [3.8, 4) is 5.13 Å². The van der Waals surface area contributed by atoms with Crippen LogP contribution in [0.5, 0.6) is 0 Å². The molecule has 0 aliphatic carbocycles. The van der Waals surface area contributed by atoms with Crippen molar-refractivity contribution in [1.82, 2.24) is 14.5 Å². The van der Waals surface area contributed by atoms with Gasteiger partial charge in [0, 0.05) is 48.3 Å². The summed E-state index contributed by atoms with van der Waals surface area (Å²) in [5.74, 6) is 0.158. The molecule has 1 saturated heterocycles. The minimum absolute atomic E-state index is 0.139. The average Bonchev–Trinajstić information content (AvgIpc) is 3.27. The Morgan fingerprint density at radius 1 is 1.23 bits per heavy atom. The number of rotatable bonds is 4. The second kappa shape index (κ2) is 7.05. The van der Waals surface area contributed by atoms with Gasteiger partial charge in [-0.3, -0.25) is 14.3 Å². The molecule has 1 aliphatic heterocycles. The molecule has 0 spiro atoms. The Labute approximate surface area is 157 Å². The summed E-state index contributed by atoms with van der Waals surface area (Å²) >= 11 is 1.62. The van der Waals surface area contributed by atoms with Gasteiger partial charge in [-0.2, -0.15) is 0 Å². The van der Waals surface area contributed by atoms with E-state index in [2.05, 4.69) is 40.4 Å². The molecule has 134 valence electrons. The highest BCUT2D eigenvalue weighted by Gasteiger charge is 2.31. The van der Waals surface area contributed by atoms with Crippen LogP contribution in [-0.2, 0) is 11.3 Å². The van der Waals surface area contributed by atoms with Crippen molar-refractivity contribution >= 4 is 22.9 Å². The number of para-hydroxylation sites is 1. The fourth-order valence-corrected chi connectivity index (χ4v) is 4.31. The summed E-state index contributed by atoms with van der Waals surface area (Å²) in [5.41, 5.74) is 3.32. The van der Waals surface area contributed by atoms with Crippen LogP contribution in [0.2, 0.25) is 0 Å². The van der Waals surface area contributed by atoms with Crippen molar-refractivity contribution in [2.75, 3.05) is 18.0 Å². The number of hydrogen-bond donors (Lipinski definition) is 0. The highest BCUT2D eigenvalue weighted by Crippen LogP contribution is 2.26. The summed E-state index contributed by atoms with van der Waals surface area (Å²) in [5, 5.41) is 2.94. The lowest BCUT2D eigenvalue weighted by Crippen LogP contribution is -2.55. The quantitative estimate of drug-likeness (QED) is 0.710. The minimum Gasteiger partial charge on any atom is -0.307 e. The van der Waals surface area contributed by atoms with Crippen molar-refractivity contribution in [3.05, 3.63) is 65.4 Å². The SMILES string of the molecule is Cc1ccccc1N1C(=O)CN(Cc2cccn2-c2nccs2)CC1C. The van der Waals surface area contributed by atoms with Crippen molar-refractivity contribution in [3.63, 3.8) is 0 Å². The molecule has 26 heavy (non-hydrogen) atoms. The largest absolute Gasteiger partial charge is 0.307 e. The Hall–Kier alpha value is -2.44. The lowest BCUT2D eigenvalue weighted by molar-refractivity contribution is -0.122. The second-order valence-electron chi connectivity index (χ2n) is 6.75. The molecule has 1 fully saturated rings. The topological polar surface area (TPSA) is 41.4 Å². The highest BCUT2D eigenvalue weighted by atomic mass is 32.1. The van der Waals surface area contributed by atoms with Gasteiger partial charge in [0.25, 0.3) is 0 Å². The third kappa shape index (κ3) is 3.18. The molecule has 1 unspecified atom stereocenters. The normalized spacial score (nSPS) is 18.5. The van der Waals surface area contributed by atoms with Gasteiger partial charge in [0.1, 0.15) is 0 Å². The number of amides is 1. The van der Waals surface area contributed by atoms with Gasteiger partial charge in [0.15, 0.2) is 5.13 Å². The number of anilines is 1. The zero-order valence-electron chi connectivity index (χ0n) is 15.0. The summed E-state index contributed by atoms with van der Waals surface area (Å²) in [6.45, 7) is 6.20. The standard InChI is InChI=1S/C20H22N4OS/c1-15-6-3-4-8-18(15)24-16(2)12-22(14-19(24)25)13-17-7-5-10-23(17)20-21-9-11-26-20/h3-11,16H,12-14H2,1-2H3. The number of benzene rings is 1. The van der Waals surface area contributed by atoms with Gasteiger partial charge in [-0.25, -0.2) is 4.98 Å². The molecular formula is C20H22N4OS. The number of piperazine rings is 1. The summed E-state index contributed by atoms with van der Waals surface area (Å²) in [6, 6.07) is 12.4. The van der Waals surface area contributed by atoms with Gasteiger partial charge in [-0.15, -0.1) is 11.3 Å². The van der Waals surface area contributed by atoms with E-state index in [0.717, 1.165) is 35.2 Å². The van der Waals surface area contributed by atoms with Crippen LogP contribution >= 0.6 is 11.3 Å². The van der Waals surface area contributed by atoms with Crippen molar-refractivity contribution in [1.29, 1.82) is 0 Å². The second-order valence-corrected chi connectivity index (χ2v) is 7.63. The highest BCUT2D eigenvalue weighted by molar-refractivity contribution is 7.12. The molecule has 6 heteroatoms. The number of aryl methyl sites for hydroxylation is 1. The fourth-order valence-electron chi connectivity index (χ4n) is 3.65. The van der Waals surface area contributed by atoms with Gasteiger partial charge >= 0.3 is 0 Å². The molecule has 4 rings (SSSR count). The smallest absolute Gasteiger partial charge is 0.241 e. The maximum absolute atomic E-state index is 12.9. The molecule has 1 amide bonds. The van der Waals surface area contributed by atoms with Gasteiger partial charge < -0.3 is 4.90 Å². The van der Waals surface area contributed by atoms with Gasteiger partial charge in [0.2, 0.25) is 5.91 Å². The van der Waals surface area contributed by atoms with Crippen LogP contribution < -0.4 is 4.90 Å². The zero-order chi connectivity index (χ0) is 18.1. The number of carbonyl (C=O) groups is 1. The molecule has 3 aromatic rings. The number of carbonyl (C=O) groups excluding carboxylic acids is 1. The van der Waals surface area contributed by atoms with Crippen LogP contribution in [0.15, 0.2) is 54.2 Å². The van der Waals surface area contributed by atoms with Crippen molar-refractivity contribution < 1.29 is 4.79 Å². The fraction of sp³-hybridized carbons (Fsp3) is 0.300. The average molecular weight is 366 g/mol. The van der Waals surface area contributed by atoms with Crippen LogP contribution in [0, 0.1) is 6.92 Å². The lowest BCUT2D eigenvalue weighted by atomic mass is 10.1. The first-order valence-corrected chi connectivity index (χ1v) is 9.67. The molecule has 0 bridgehead atoms. The van der Waals surface area contributed by atoms with E-state index < -0.39 is 0 Å². The Morgan fingerprint density at radius 2 is 2.08 bits per heavy atom. The molecule has 3 heterocycles. The molecule has 0 N–H and O–H groups in total. The monoisotopic (exact) mass is 366 g/mol. The van der Waals surface area contributed by atoms with E-state index in [4.69, 9.17) is 0 Å². The van der Waals surface area contributed by atoms with Gasteiger partial charge in [0.05, 0.1) is 6.54 Å². The summed E-state index contributed by atoms with van der Waals surface area (Å²) < 4.78 is 2.10. The Kier molecular flexibility index (Phi) is 4.61. The maximum Gasteiger partial charge on any atom is 0.241 e. The minimum atomic E-state index is 0.139. The maximum atomic E-state index is 12.9. The molecule has 1 aliphatic rings. The van der Waals surface area contributed by atoms with E-state index in [1.807, 2.05) is 46.9 Å². The Morgan fingerprint density at radius 3 is 2.81 bits per heavy atom. The predicted octanol–water partition coefficient (Wildman–Crippen LogP) is 3.48. The van der Waals surface area contributed by atoms with E-state index in [0.29, 0.717) is 6.54 Å². The number of nitrogens with zero attached hydrogens (tertiary/aromatic N) is 4. The van der Waals surface area contributed by atoms with E-state index in [1.165, 1.54) is 0 Å². The van der Waals surface area contributed by atoms with Crippen molar-refractivity contribution in [2.24, 2.45) is 0 Å². The molecule has 2 aromatic heterocycles. The van der Waals surface area contributed by atoms with Gasteiger partial charge in [-0.1, -0.05) is 18.2 Å². The first-order chi connectivity index (χ1) is 12.6. The first kappa shape index (κ1) is 17.0. The molecule has 0 saturated carbocycles. The van der Waals surface area contributed by atoms with Crippen LogP contribution in [0.1, 0.15) is 18.2 Å². The molecular weight excluding hydrogens is 344 g/mol. The van der Waals surface area contributed by atoms with Crippen LogP contribution in [0.4, 0.5) is 5.69 Å². The summed E-state index contributed by atoms with van der Waals surface area (Å²) in [4.78, 5) is 21.4. The third-order valence-electron chi connectivity index (χ3n) is 4.81. The van der Waals surface area contributed by atoms with Crippen LogP contribution in [0.3, 0.4) is 0 Å². The first-order valence-electron chi connectivity index (χ1n) is 8.79. The number of hydrogen-bond acceptors (Lipinski definition) is 4. The van der Waals surface area contributed by atoms with E-state index in [-0.39, 0.29) is 11.9 Å². The van der Waals surface area contributed by atoms with Crippen LogP contribution in [-0.4, -0.2) is 39.5 Å². The van der Waals surface area contributed by atoms with E-state index in [9.17, 15) is 4.79 Å². The molecule has 1 atom stereocenters. The van der Waals surface area contributed by atoms with Gasteiger partial charge in [-0.05, 0) is 37.6 Å².